The smallest absolute Gasteiger partial charge is 0.170 e. The van der Waals surface area contributed by atoms with Gasteiger partial charge in [-0.15, -0.1) is 0 Å². The van der Waals surface area contributed by atoms with E-state index < -0.39 is 0 Å². The second-order valence-corrected chi connectivity index (χ2v) is 4.51. The first-order valence-electron chi connectivity index (χ1n) is 6.17. The maximum Gasteiger partial charge on any atom is 0.170 e. The van der Waals surface area contributed by atoms with Crippen molar-refractivity contribution in [2.24, 2.45) is 10.9 Å². The predicted molar refractivity (Wildman–Crippen MR) is 77.4 cm³/mol. The molecule has 104 valence electrons. The largest absolute Gasteiger partial charge is 0.409 e. The quantitative estimate of drug-likeness (QED) is 0.347. The van der Waals surface area contributed by atoms with Crippen LogP contribution in [0.4, 0.5) is 10.1 Å². The molecule has 0 aromatic heterocycles. The molecule has 0 radical (unpaired) electrons. The Morgan fingerprint density at radius 2 is 2.05 bits per heavy atom. The van der Waals surface area contributed by atoms with Crippen LogP contribution in [0.1, 0.15) is 16.7 Å². The third-order valence-corrected chi connectivity index (χ3v) is 2.93. The van der Waals surface area contributed by atoms with Gasteiger partial charge in [0.2, 0.25) is 0 Å². The predicted octanol–water partition coefficient (Wildman–Crippen LogP) is 2.84. The van der Waals surface area contributed by atoms with Gasteiger partial charge >= 0.3 is 0 Å². The molecule has 0 fully saturated rings. The van der Waals surface area contributed by atoms with Crippen molar-refractivity contribution in [3.63, 3.8) is 0 Å². The third-order valence-electron chi connectivity index (χ3n) is 2.93. The van der Waals surface area contributed by atoms with Gasteiger partial charge in [0.15, 0.2) is 5.84 Å². The highest BCUT2D eigenvalue weighted by molar-refractivity contribution is 5.98. The molecule has 4 N–H and O–H groups in total. The van der Waals surface area contributed by atoms with Crippen LogP contribution in [0.2, 0.25) is 0 Å². The summed E-state index contributed by atoms with van der Waals surface area (Å²) in [7, 11) is 0. The molecular formula is C15H16FN3O. The molecule has 0 atom stereocenters. The number of nitrogens with two attached hydrogens (primary N) is 1. The fraction of sp³-hybridized carbons (Fsp3) is 0.133. The van der Waals surface area contributed by atoms with E-state index in [0.29, 0.717) is 17.8 Å². The van der Waals surface area contributed by atoms with Crippen molar-refractivity contribution in [1.82, 2.24) is 0 Å². The summed E-state index contributed by atoms with van der Waals surface area (Å²) < 4.78 is 13.3. The Morgan fingerprint density at radius 1 is 1.30 bits per heavy atom. The molecule has 0 aliphatic heterocycles. The lowest BCUT2D eigenvalue weighted by Crippen LogP contribution is -2.16. The zero-order valence-corrected chi connectivity index (χ0v) is 11.1. The molecule has 4 nitrogen and oxygen atoms in total. The second-order valence-electron chi connectivity index (χ2n) is 4.51. The van der Waals surface area contributed by atoms with Crippen molar-refractivity contribution in [2.75, 3.05) is 5.32 Å². The zero-order chi connectivity index (χ0) is 14.5. The highest BCUT2D eigenvalue weighted by Gasteiger charge is 2.06. The van der Waals surface area contributed by atoms with E-state index in [4.69, 9.17) is 10.9 Å². The first-order valence-corrected chi connectivity index (χ1v) is 6.17. The SMILES string of the molecule is Cc1cc(F)cc(NCc2ccccc2C(N)=NO)c1. The van der Waals surface area contributed by atoms with Gasteiger partial charge in [0.1, 0.15) is 5.82 Å². The van der Waals surface area contributed by atoms with Gasteiger partial charge in [-0.05, 0) is 36.2 Å². The zero-order valence-electron chi connectivity index (χ0n) is 11.1. The molecule has 0 aliphatic rings. The van der Waals surface area contributed by atoms with E-state index in [1.807, 2.05) is 31.2 Å². The first-order chi connectivity index (χ1) is 9.60. The van der Waals surface area contributed by atoms with Crippen molar-refractivity contribution >= 4 is 11.5 Å². The van der Waals surface area contributed by atoms with Crippen LogP contribution in [-0.2, 0) is 6.54 Å². The topological polar surface area (TPSA) is 70.6 Å². The van der Waals surface area contributed by atoms with Gasteiger partial charge in [0.05, 0.1) is 0 Å². The molecule has 0 saturated heterocycles. The molecule has 2 rings (SSSR count). The van der Waals surface area contributed by atoms with Crippen molar-refractivity contribution < 1.29 is 9.60 Å². The van der Waals surface area contributed by atoms with Gasteiger partial charge in [0, 0.05) is 17.8 Å². The molecule has 2 aromatic rings. The van der Waals surface area contributed by atoms with E-state index >= 15 is 0 Å². The van der Waals surface area contributed by atoms with E-state index in [-0.39, 0.29) is 11.7 Å². The van der Waals surface area contributed by atoms with Crippen LogP contribution in [0.3, 0.4) is 0 Å². The monoisotopic (exact) mass is 273 g/mol. The van der Waals surface area contributed by atoms with Crippen molar-refractivity contribution in [3.8, 4) is 0 Å². The summed E-state index contributed by atoms with van der Waals surface area (Å²) >= 11 is 0. The van der Waals surface area contributed by atoms with E-state index in [2.05, 4.69) is 10.5 Å². The van der Waals surface area contributed by atoms with E-state index in [9.17, 15) is 4.39 Å². The number of amidine groups is 1. The minimum absolute atomic E-state index is 0.0535. The Bertz CT molecular complexity index is 621. The van der Waals surface area contributed by atoms with Gasteiger partial charge in [-0.25, -0.2) is 4.39 Å². The molecular weight excluding hydrogens is 257 g/mol. The number of benzene rings is 2. The highest BCUT2D eigenvalue weighted by Crippen LogP contribution is 2.16. The molecule has 0 aliphatic carbocycles. The first kappa shape index (κ1) is 13.9. The lowest BCUT2D eigenvalue weighted by Gasteiger charge is -2.11. The summed E-state index contributed by atoms with van der Waals surface area (Å²) in [6, 6.07) is 12.1. The molecule has 0 bridgehead atoms. The van der Waals surface area contributed by atoms with E-state index in [1.165, 1.54) is 12.1 Å². The Morgan fingerprint density at radius 3 is 2.75 bits per heavy atom. The van der Waals surface area contributed by atoms with Gasteiger partial charge in [-0.2, -0.15) is 0 Å². The second kappa shape index (κ2) is 6.06. The number of anilines is 1. The maximum absolute atomic E-state index is 13.3. The number of halogens is 1. The van der Waals surface area contributed by atoms with Crippen LogP contribution in [0.15, 0.2) is 47.6 Å². The number of aryl methyl sites for hydroxylation is 1. The van der Waals surface area contributed by atoms with Crippen LogP contribution in [0.25, 0.3) is 0 Å². The Labute approximate surface area is 116 Å². The van der Waals surface area contributed by atoms with Crippen LogP contribution in [-0.4, -0.2) is 11.0 Å². The van der Waals surface area contributed by atoms with Crippen LogP contribution in [0.5, 0.6) is 0 Å². The third kappa shape index (κ3) is 3.26. The fourth-order valence-electron chi connectivity index (χ4n) is 2.01. The Hall–Kier alpha value is -2.56. The lowest BCUT2D eigenvalue weighted by atomic mass is 10.1. The minimum Gasteiger partial charge on any atom is -0.409 e. The van der Waals surface area contributed by atoms with Crippen molar-refractivity contribution in [1.29, 1.82) is 0 Å². The number of nitrogens with one attached hydrogen (secondary N) is 1. The molecule has 20 heavy (non-hydrogen) atoms. The number of rotatable bonds is 4. The normalized spacial score (nSPS) is 11.4. The summed E-state index contributed by atoms with van der Waals surface area (Å²) in [6.07, 6.45) is 0. The summed E-state index contributed by atoms with van der Waals surface area (Å²) in [5, 5.41) is 14.9. The maximum atomic E-state index is 13.3. The van der Waals surface area contributed by atoms with Crippen LogP contribution in [0, 0.1) is 12.7 Å². The standard InChI is InChI=1S/C15H16FN3O/c1-10-6-12(16)8-13(7-10)18-9-11-4-2-3-5-14(11)15(17)19-20/h2-8,18,20H,9H2,1H3,(H2,17,19). The molecule has 5 heteroatoms. The lowest BCUT2D eigenvalue weighted by molar-refractivity contribution is 0.318. The minimum atomic E-state index is -0.280. The average Bonchev–Trinajstić information content (AvgIpc) is 2.43. The van der Waals surface area contributed by atoms with Gasteiger partial charge in [-0.3, -0.25) is 0 Å². The molecule has 2 aromatic carbocycles. The van der Waals surface area contributed by atoms with Crippen molar-refractivity contribution in [3.05, 3.63) is 65.0 Å². The van der Waals surface area contributed by atoms with Gasteiger partial charge in [-0.1, -0.05) is 29.4 Å². The summed E-state index contributed by atoms with van der Waals surface area (Å²) in [5.41, 5.74) is 8.67. The van der Waals surface area contributed by atoms with Gasteiger partial charge < -0.3 is 16.3 Å². The van der Waals surface area contributed by atoms with Crippen LogP contribution >= 0.6 is 0 Å². The summed E-state index contributed by atoms with van der Waals surface area (Å²) in [5.74, 6) is -0.227. The molecule has 0 amide bonds. The number of oxime groups is 1. The van der Waals surface area contributed by atoms with E-state index in [1.54, 1.807) is 6.07 Å². The van der Waals surface area contributed by atoms with Gasteiger partial charge in [0.25, 0.3) is 0 Å². The Balaban J connectivity index is 2.19. The Kier molecular flexibility index (Phi) is 4.20. The number of hydrogen-bond acceptors (Lipinski definition) is 3. The van der Waals surface area contributed by atoms with Crippen LogP contribution < -0.4 is 11.1 Å². The molecule has 0 saturated carbocycles. The molecule has 0 heterocycles. The molecule has 0 unspecified atom stereocenters. The highest BCUT2D eigenvalue weighted by atomic mass is 19.1. The summed E-state index contributed by atoms with van der Waals surface area (Å²) in [4.78, 5) is 0. The molecule has 0 spiro atoms. The summed E-state index contributed by atoms with van der Waals surface area (Å²) in [6.45, 7) is 2.29. The number of hydrogen-bond donors (Lipinski definition) is 3. The average molecular weight is 273 g/mol. The fourth-order valence-corrected chi connectivity index (χ4v) is 2.01. The number of nitrogens with zero attached hydrogens (tertiary/aromatic N) is 1. The van der Waals surface area contributed by atoms with Crippen molar-refractivity contribution in [2.45, 2.75) is 13.5 Å². The van der Waals surface area contributed by atoms with E-state index in [0.717, 1.165) is 11.1 Å².